The first-order valence-electron chi connectivity index (χ1n) is 19.1. The Kier molecular flexibility index (Phi) is 16.2. The smallest absolute Gasteiger partial charge is 0.322 e. The lowest BCUT2D eigenvalue weighted by Gasteiger charge is -2.20. The molecule has 0 fully saturated rings. The van der Waals surface area contributed by atoms with Crippen LogP contribution in [0.3, 0.4) is 0 Å². The fraction of sp³-hybridized carbons (Fsp3) is 0.356. The first-order chi connectivity index (χ1) is 26.4. The minimum atomic E-state index is -1.17. The molecule has 4 aromatic rings. The molecule has 1 aliphatic rings. The Morgan fingerprint density at radius 3 is 2.07 bits per heavy atom. The molecule has 10 nitrogen and oxygen atoms in total. The molecule has 2 heterocycles. The number of carbonyl (C=O) groups excluding carboxylic acids is 2. The van der Waals surface area contributed by atoms with Crippen LogP contribution >= 0.6 is 0 Å². The topological polar surface area (TPSA) is 143 Å². The number of nitrogens with one attached hydrogen (secondary N) is 3. The number of amides is 2. The maximum atomic E-state index is 13.1. The molecule has 4 N–H and O–H groups in total. The third-order valence-corrected chi connectivity index (χ3v) is 9.04. The number of allylic oxidation sites excluding steroid dienone is 3. The summed E-state index contributed by atoms with van der Waals surface area (Å²) in [5.74, 6) is -0.770. The Bertz CT molecular complexity index is 1880. The number of hydrogen-bond donors (Lipinski definition) is 4. The Labute approximate surface area is 325 Å². The number of aromatic nitrogens is 2. The molecule has 1 unspecified atom stereocenters. The molecule has 290 valence electrons. The molecule has 10 heteroatoms. The van der Waals surface area contributed by atoms with Gasteiger partial charge in [0.25, 0.3) is 5.91 Å². The van der Waals surface area contributed by atoms with Crippen LogP contribution in [0, 0.1) is 0 Å². The summed E-state index contributed by atoms with van der Waals surface area (Å²) in [6.07, 6.45) is 15.9. The number of benzene rings is 3. The van der Waals surface area contributed by atoms with Gasteiger partial charge in [0.2, 0.25) is 5.91 Å². The van der Waals surface area contributed by atoms with Crippen LogP contribution in [0.15, 0.2) is 109 Å². The summed E-state index contributed by atoms with van der Waals surface area (Å²) in [6, 6.07) is 21.6. The van der Waals surface area contributed by atoms with E-state index in [2.05, 4.69) is 78.8 Å². The minimum Gasteiger partial charge on any atom is -0.494 e. The summed E-state index contributed by atoms with van der Waals surface area (Å²) in [5.41, 5.74) is 6.13. The van der Waals surface area contributed by atoms with Gasteiger partial charge in [-0.25, -0.2) is 9.97 Å². The number of rotatable bonds is 16. The zero-order chi connectivity index (χ0) is 39.6. The van der Waals surface area contributed by atoms with Crippen molar-refractivity contribution in [3.8, 4) is 28.3 Å². The summed E-state index contributed by atoms with van der Waals surface area (Å²) in [4.78, 5) is 46.2. The van der Waals surface area contributed by atoms with Gasteiger partial charge in [-0.1, -0.05) is 114 Å². The van der Waals surface area contributed by atoms with E-state index in [9.17, 15) is 14.4 Å². The van der Waals surface area contributed by atoms with Gasteiger partial charge in [0, 0.05) is 47.7 Å². The van der Waals surface area contributed by atoms with Gasteiger partial charge < -0.3 is 25.8 Å². The first-order valence-corrected chi connectivity index (χ1v) is 19.1. The fourth-order valence-electron chi connectivity index (χ4n) is 5.71. The number of carboxylic acids is 1. The van der Waals surface area contributed by atoms with Gasteiger partial charge in [-0.15, -0.1) is 0 Å². The normalized spacial score (nSPS) is 12.6. The zero-order valence-corrected chi connectivity index (χ0v) is 32.7. The van der Waals surface area contributed by atoms with E-state index in [0.717, 1.165) is 53.1 Å². The van der Waals surface area contributed by atoms with Crippen LogP contribution in [0.4, 0.5) is 0 Å². The average Bonchev–Trinajstić information content (AvgIpc) is 3.19. The minimum absolute atomic E-state index is 0.0672. The zero-order valence-electron chi connectivity index (χ0n) is 32.7. The predicted molar refractivity (Wildman–Crippen MR) is 219 cm³/mol. The van der Waals surface area contributed by atoms with E-state index in [4.69, 9.17) is 9.84 Å². The monoisotopic (exact) mass is 745 g/mol. The molecule has 1 atom stereocenters. The largest absolute Gasteiger partial charge is 0.494 e. The van der Waals surface area contributed by atoms with Gasteiger partial charge in [0.15, 0.2) is 5.82 Å². The van der Waals surface area contributed by atoms with Crippen molar-refractivity contribution in [2.75, 3.05) is 19.7 Å². The molecule has 0 saturated carbocycles. The van der Waals surface area contributed by atoms with Gasteiger partial charge in [-0.05, 0) is 65.8 Å². The number of aliphatic carboxylic acids is 1. The number of nitrogens with zero attached hydrogens (tertiary/aromatic N) is 2. The lowest BCUT2D eigenvalue weighted by molar-refractivity contribution is -0.138. The van der Waals surface area contributed by atoms with Crippen molar-refractivity contribution >= 4 is 17.8 Å². The average molecular weight is 746 g/mol. The van der Waals surface area contributed by atoms with Crippen LogP contribution in [0.5, 0.6) is 5.75 Å². The van der Waals surface area contributed by atoms with Crippen molar-refractivity contribution in [1.82, 2.24) is 25.9 Å². The lowest BCUT2D eigenvalue weighted by Crippen LogP contribution is -2.49. The molecule has 0 radical (unpaired) electrons. The molecule has 0 bridgehead atoms. The number of carboxylic acid groups (broad SMARTS) is 1. The van der Waals surface area contributed by atoms with E-state index in [0.29, 0.717) is 11.4 Å². The SMILES string of the molecule is CC1=CC=CCN1.CCCCCCCOc1ccc(-c2cnc(-c3ccc(CC(NC(=O)c4ccc(C(C)(C)C)cc4)C(=O)NCC(=O)O)cc3)nc2)cc1. The first kappa shape index (κ1) is 42.0. The Morgan fingerprint density at radius 2 is 1.51 bits per heavy atom. The number of ether oxygens (including phenoxy) is 1. The quantitative estimate of drug-likeness (QED) is 0.0845. The molecule has 0 aliphatic carbocycles. The third kappa shape index (κ3) is 14.2. The van der Waals surface area contributed by atoms with Crippen LogP contribution in [-0.2, 0) is 21.4 Å². The van der Waals surface area contributed by atoms with Crippen LogP contribution in [0.2, 0.25) is 0 Å². The second-order valence-electron chi connectivity index (χ2n) is 14.6. The molecular weight excluding hydrogens is 691 g/mol. The van der Waals surface area contributed by atoms with E-state index < -0.39 is 30.4 Å². The van der Waals surface area contributed by atoms with Gasteiger partial charge in [-0.2, -0.15) is 0 Å². The van der Waals surface area contributed by atoms with Crippen molar-refractivity contribution in [2.45, 2.75) is 84.6 Å². The van der Waals surface area contributed by atoms with E-state index in [1.165, 1.54) is 31.4 Å². The van der Waals surface area contributed by atoms with E-state index in [-0.39, 0.29) is 11.8 Å². The van der Waals surface area contributed by atoms with Crippen LogP contribution < -0.4 is 20.7 Å². The number of unbranched alkanes of at least 4 members (excludes halogenated alkanes) is 4. The highest BCUT2D eigenvalue weighted by molar-refractivity contribution is 5.98. The predicted octanol–water partition coefficient (Wildman–Crippen LogP) is 8.05. The molecule has 0 saturated heterocycles. The van der Waals surface area contributed by atoms with Crippen molar-refractivity contribution in [3.63, 3.8) is 0 Å². The van der Waals surface area contributed by atoms with E-state index in [1.807, 2.05) is 60.7 Å². The van der Waals surface area contributed by atoms with E-state index >= 15 is 0 Å². The van der Waals surface area contributed by atoms with Crippen molar-refractivity contribution in [3.05, 3.63) is 126 Å². The molecule has 5 rings (SSSR count). The second-order valence-corrected chi connectivity index (χ2v) is 14.6. The van der Waals surface area contributed by atoms with Gasteiger partial charge >= 0.3 is 5.97 Å². The summed E-state index contributed by atoms with van der Waals surface area (Å²) < 4.78 is 5.88. The molecule has 3 aromatic carbocycles. The Morgan fingerprint density at radius 1 is 0.855 bits per heavy atom. The Hall–Kier alpha value is -5.77. The molecule has 55 heavy (non-hydrogen) atoms. The van der Waals surface area contributed by atoms with Gasteiger partial charge in [0.05, 0.1) is 6.61 Å². The molecule has 0 spiro atoms. The van der Waals surface area contributed by atoms with Crippen LogP contribution in [0.25, 0.3) is 22.5 Å². The summed E-state index contributed by atoms with van der Waals surface area (Å²) >= 11 is 0. The van der Waals surface area contributed by atoms with E-state index in [1.54, 1.807) is 24.5 Å². The number of hydrogen-bond acceptors (Lipinski definition) is 7. The maximum Gasteiger partial charge on any atom is 0.322 e. The Balaban J connectivity index is 0.000000862. The molecular formula is C45H55N5O5. The molecule has 2 amide bonds. The van der Waals surface area contributed by atoms with Crippen LogP contribution in [0.1, 0.15) is 88.2 Å². The summed E-state index contributed by atoms with van der Waals surface area (Å²) in [6.45, 7) is 11.7. The summed E-state index contributed by atoms with van der Waals surface area (Å²) in [5, 5.41) is 17.4. The van der Waals surface area contributed by atoms with Crippen LogP contribution in [-0.4, -0.2) is 58.6 Å². The van der Waals surface area contributed by atoms with Crippen molar-refractivity contribution < 1.29 is 24.2 Å². The third-order valence-electron chi connectivity index (χ3n) is 9.04. The highest BCUT2D eigenvalue weighted by atomic mass is 16.5. The highest BCUT2D eigenvalue weighted by Gasteiger charge is 2.23. The standard InChI is InChI=1S/C39H46N4O5.C6H9N/c1-5-6-7-8-9-22-48-33-20-16-28(17-21-33)31-24-40-36(41-25-31)29-12-10-27(11-13-29)23-34(38(47)42-26-35(44)45)43-37(46)30-14-18-32(19-15-30)39(2,3)4;1-6-4-2-3-5-7-6/h10-21,24-25,34H,5-9,22-23,26H2,1-4H3,(H,42,47)(H,43,46)(H,44,45);2-4,7H,5H2,1H3. The fourth-order valence-corrected chi connectivity index (χ4v) is 5.71. The van der Waals surface area contributed by atoms with Gasteiger partial charge in [0.1, 0.15) is 18.3 Å². The van der Waals surface area contributed by atoms with Crippen molar-refractivity contribution in [1.29, 1.82) is 0 Å². The summed E-state index contributed by atoms with van der Waals surface area (Å²) in [7, 11) is 0. The maximum absolute atomic E-state index is 13.1. The second kappa shape index (κ2) is 21.2. The van der Waals surface area contributed by atoms with Gasteiger partial charge in [-0.3, -0.25) is 14.4 Å². The van der Waals surface area contributed by atoms with Crippen molar-refractivity contribution in [2.24, 2.45) is 0 Å². The molecule has 1 aromatic heterocycles. The number of dihydropyridines is 1. The lowest BCUT2D eigenvalue weighted by atomic mass is 9.86. The highest BCUT2D eigenvalue weighted by Crippen LogP contribution is 2.24. The number of carbonyl (C=O) groups is 3. The molecule has 1 aliphatic heterocycles.